The van der Waals surface area contributed by atoms with Gasteiger partial charge in [0.2, 0.25) is 0 Å². The van der Waals surface area contributed by atoms with Crippen LogP contribution in [0, 0.1) is 17.3 Å². The third kappa shape index (κ3) is 1.91. The van der Waals surface area contributed by atoms with E-state index in [1.54, 1.807) is 0 Å². The van der Waals surface area contributed by atoms with Crippen LogP contribution in [0.2, 0.25) is 0 Å². The van der Waals surface area contributed by atoms with Gasteiger partial charge in [-0.2, -0.15) is 61.5 Å². The van der Waals surface area contributed by atoms with Gasteiger partial charge in [0.15, 0.2) is 0 Å². The average molecular weight is 446 g/mol. The minimum Gasteiger partial charge on any atom is -0.199 e. The van der Waals surface area contributed by atoms with E-state index in [1.165, 1.54) is 0 Å². The summed E-state index contributed by atoms with van der Waals surface area (Å²) in [6.45, 7) is 0.847. The molecule has 0 aromatic carbocycles. The monoisotopic (exact) mass is 446 g/mol. The van der Waals surface area contributed by atoms with Gasteiger partial charge in [0, 0.05) is 5.41 Å². The van der Waals surface area contributed by atoms with Gasteiger partial charge in [-0.15, -0.1) is 0 Å². The molecule has 2 aliphatic carbocycles. The Morgan fingerprint density at radius 3 is 0.964 bits per heavy atom. The molecule has 2 saturated carbocycles. The molecule has 0 radical (unpaired) electrons. The van der Waals surface area contributed by atoms with Crippen molar-refractivity contribution in [3.8, 4) is 0 Å². The molecule has 2 fully saturated rings. The van der Waals surface area contributed by atoms with E-state index in [0.717, 1.165) is 0 Å². The summed E-state index contributed by atoms with van der Waals surface area (Å²) < 4.78 is 196. The van der Waals surface area contributed by atoms with E-state index >= 15 is 0 Å². The van der Waals surface area contributed by atoms with Crippen LogP contribution in [-0.4, -0.2) is 41.5 Å². The first-order chi connectivity index (χ1) is 12.1. The van der Waals surface area contributed by atoms with Gasteiger partial charge >= 0.3 is 41.5 Å². The molecule has 0 aromatic rings. The fourth-order valence-electron chi connectivity index (χ4n) is 4.38. The highest BCUT2D eigenvalue weighted by molar-refractivity contribution is 5.28. The molecular formula is C14H12F14. The lowest BCUT2D eigenvalue weighted by molar-refractivity contribution is -0.502. The molecule has 14 heteroatoms. The van der Waals surface area contributed by atoms with Crippen LogP contribution in [0.4, 0.5) is 61.5 Å². The summed E-state index contributed by atoms with van der Waals surface area (Å²) in [7, 11) is 0. The van der Waals surface area contributed by atoms with Crippen LogP contribution in [0.25, 0.3) is 0 Å². The van der Waals surface area contributed by atoms with Crippen molar-refractivity contribution in [3.05, 3.63) is 0 Å². The molecule has 166 valence electrons. The first-order valence-electron chi connectivity index (χ1n) is 7.76. The summed E-state index contributed by atoms with van der Waals surface area (Å²) in [6.07, 6.45) is -3.34. The van der Waals surface area contributed by atoms with Crippen LogP contribution in [0.5, 0.6) is 0 Å². The zero-order valence-corrected chi connectivity index (χ0v) is 13.9. The zero-order chi connectivity index (χ0) is 22.6. The summed E-state index contributed by atoms with van der Waals surface area (Å²) in [5, 5.41) is 0. The summed E-state index contributed by atoms with van der Waals surface area (Å²) in [5.41, 5.74) is -4.25. The Morgan fingerprint density at radius 2 is 0.679 bits per heavy atom. The molecule has 2 unspecified atom stereocenters. The first kappa shape index (κ1) is 23.3. The van der Waals surface area contributed by atoms with Crippen molar-refractivity contribution in [1.82, 2.24) is 0 Å². The average Bonchev–Trinajstić information content (AvgIpc) is 2.51. The van der Waals surface area contributed by atoms with Gasteiger partial charge < -0.3 is 0 Å². The summed E-state index contributed by atoms with van der Waals surface area (Å²) in [6, 6.07) is 0. The third-order valence-electron chi connectivity index (χ3n) is 6.03. The van der Waals surface area contributed by atoms with Crippen LogP contribution in [0.1, 0.15) is 26.7 Å². The maximum absolute atomic E-state index is 14.4. The van der Waals surface area contributed by atoms with Crippen molar-refractivity contribution in [2.24, 2.45) is 17.3 Å². The number of fused-ring (bicyclic) bond motifs is 1. The van der Waals surface area contributed by atoms with Gasteiger partial charge in [-0.25, -0.2) is 0 Å². The van der Waals surface area contributed by atoms with Gasteiger partial charge in [-0.3, -0.25) is 0 Å². The lowest BCUT2D eigenvalue weighted by Gasteiger charge is -2.63. The Morgan fingerprint density at radius 1 is 0.429 bits per heavy atom. The number of hydrogen-bond donors (Lipinski definition) is 0. The van der Waals surface area contributed by atoms with E-state index in [9.17, 15) is 61.5 Å². The Labute approximate surface area is 148 Å². The van der Waals surface area contributed by atoms with Gasteiger partial charge in [0.1, 0.15) is 5.92 Å². The predicted molar refractivity (Wildman–Crippen MR) is 64.6 cm³/mol. The molecule has 2 aliphatic rings. The highest BCUT2D eigenvalue weighted by atomic mass is 19.4. The van der Waals surface area contributed by atoms with Crippen molar-refractivity contribution < 1.29 is 61.5 Å². The molecule has 0 spiro atoms. The fraction of sp³-hybridized carbons (Fsp3) is 1.00. The second-order valence-electron chi connectivity index (χ2n) is 6.99. The van der Waals surface area contributed by atoms with Crippen molar-refractivity contribution in [3.63, 3.8) is 0 Å². The van der Waals surface area contributed by atoms with E-state index in [2.05, 4.69) is 0 Å². The minimum absolute atomic E-state index is 0.424. The van der Waals surface area contributed by atoms with Crippen LogP contribution >= 0.6 is 0 Å². The van der Waals surface area contributed by atoms with E-state index in [4.69, 9.17) is 0 Å². The van der Waals surface area contributed by atoms with Crippen molar-refractivity contribution in [2.75, 3.05) is 0 Å². The van der Waals surface area contributed by atoms with Gasteiger partial charge in [-0.1, -0.05) is 13.8 Å². The molecule has 0 amide bonds. The van der Waals surface area contributed by atoms with E-state index < -0.39 is 71.6 Å². The standard InChI is InChI=1S/C14H12F14/c1-3-7(4-2)5-6(9(17,18)12(23,24)11(7,21)22)10(19,20)14(27,28)13(25,26)8(5,15)16/h5-6H,3-4H2,1-2H3. The van der Waals surface area contributed by atoms with Gasteiger partial charge in [0.05, 0.1) is 5.92 Å². The van der Waals surface area contributed by atoms with Crippen LogP contribution < -0.4 is 0 Å². The lowest BCUT2D eigenvalue weighted by atomic mass is 9.48. The Hall–Kier alpha value is -0.980. The van der Waals surface area contributed by atoms with Crippen LogP contribution in [0.3, 0.4) is 0 Å². The molecule has 2 atom stereocenters. The van der Waals surface area contributed by atoms with Crippen molar-refractivity contribution in [1.29, 1.82) is 0 Å². The predicted octanol–water partition coefficient (Wildman–Crippen LogP) is 6.50. The number of alkyl halides is 14. The molecule has 0 saturated heterocycles. The summed E-state index contributed by atoms with van der Waals surface area (Å²) in [4.78, 5) is 0. The molecular weight excluding hydrogens is 434 g/mol. The lowest BCUT2D eigenvalue weighted by Crippen LogP contribution is -2.85. The first-order valence-corrected chi connectivity index (χ1v) is 7.76. The van der Waals surface area contributed by atoms with E-state index in [0.29, 0.717) is 13.8 Å². The second kappa shape index (κ2) is 5.38. The summed E-state index contributed by atoms with van der Waals surface area (Å²) in [5.74, 6) is -57.3. The van der Waals surface area contributed by atoms with Gasteiger partial charge in [-0.05, 0) is 12.8 Å². The molecule has 0 nitrogen and oxygen atoms in total. The van der Waals surface area contributed by atoms with Crippen LogP contribution in [0.15, 0.2) is 0 Å². The maximum Gasteiger partial charge on any atom is 0.378 e. The third-order valence-corrected chi connectivity index (χ3v) is 6.03. The zero-order valence-electron chi connectivity index (χ0n) is 13.9. The molecule has 0 N–H and O–H groups in total. The smallest absolute Gasteiger partial charge is 0.199 e. The molecule has 2 rings (SSSR count). The topological polar surface area (TPSA) is 0 Å². The number of hydrogen-bond acceptors (Lipinski definition) is 0. The number of halogens is 14. The number of rotatable bonds is 2. The quantitative estimate of drug-likeness (QED) is 0.425. The molecule has 0 aliphatic heterocycles. The van der Waals surface area contributed by atoms with E-state index in [-0.39, 0.29) is 0 Å². The van der Waals surface area contributed by atoms with Gasteiger partial charge in [0.25, 0.3) is 0 Å². The highest BCUT2D eigenvalue weighted by Gasteiger charge is 3.00. The molecule has 0 heterocycles. The molecule has 28 heavy (non-hydrogen) atoms. The molecule has 0 aromatic heterocycles. The molecule has 0 bridgehead atoms. The Kier molecular flexibility index (Phi) is 4.48. The Balaban J connectivity index is 3.07. The van der Waals surface area contributed by atoms with Crippen LogP contribution in [-0.2, 0) is 0 Å². The van der Waals surface area contributed by atoms with E-state index in [1.807, 2.05) is 0 Å². The highest BCUT2D eigenvalue weighted by Crippen LogP contribution is 2.78. The maximum atomic E-state index is 14.4. The van der Waals surface area contributed by atoms with Crippen molar-refractivity contribution >= 4 is 0 Å². The SMILES string of the molecule is CCC1(CC)C2C(C(F)(F)C(F)(F)C(F)(F)C2(F)F)C(F)(F)C(F)(F)C1(F)F. The largest absolute Gasteiger partial charge is 0.378 e. The van der Waals surface area contributed by atoms with Crippen molar-refractivity contribution in [2.45, 2.75) is 68.1 Å². The minimum atomic E-state index is -7.22. The Bertz CT molecular complexity index is 636. The second-order valence-corrected chi connectivity index (χ2v) is 6.99. The fourth-order valence-corrected chi connectivity index (χ4v) is 4.38. The summed E-state index contributed by atoms with van der Waals surface area (Å²) >= 11 is 0. The normalized spacial score (nSPS) is 37.7.